The fourth-order valence-corrected chi connectivity index (χ4v) is 4.24. The highest BCUT2D eigenvalue weighted by Gasteiger charge is 2.47. The van der Waals surface area contributed by atoms with Crippen molar-refractivity contribution in [1.82, 2.24) is 0 Å². The predicted molar refractivity (Wildman–Crippen MR) is 117 cm³/mol. The van der Waals surface area contributed by atoms with Crippen molar-refractivity contribution in [1.29, 1.82) is 0 Å². The van der Waals surface area contributed by atoms with Crippen LogP contribution in [0.4, 0.5) is 0 Å². The molecule has 2 unspecified atom stereocenters. The average molecular weight is 436 g/mol. The van der Waals surface area contributed by atoms with Gasteiger partial charge in [0.05, 0.1) is 33.4 Å². The van der Waals surface area contributed by atoms with Crippen molar-refractivity contribution in [2.24, 2.45) is 11.8 Å². The minimum absolute atomic E-state index is 0.0902. The molecule has 0 spiro atoms. The van der Waals surface area contributed by atoms with E-state index in [1.54, 1.807) is 24.3 Å². The largest absolute Gasteiger partial charge is 0.493 e. The highest BCUT2D eigenvalue weighted by molar-refractivity contribution is 6.10. The molecule has 32 heavy (non-hydrogen) atoms. The fourth-order valence-electron chi connectivity index (χ4n) is 4.24. The minimum Gasteiger partial charge on any atom is -0.493 e. The number of aliphatic hydroxyl groups is 1. The SMILES string of the molecule is COc1cc(C(O)[C@@H]2C(=O)OCC2C(=O)c2cccc3ccccc23)cc(OC)c1OC. The Bertz CT molecular complexity index is 1140. The van der Waals surface area contributed by atoms with Gasteiger partial charge < -0.3 is 24.1 Å². The van der Waals surface area contributed by atoms with Gasteiger partial charge in [-0.2, -0.15) is 0 Å². The summed E-state index contributed by atoms with van der Waals surface area (Å²) in [6.07, 6.45) is -1.30. The standard InChI is InChI=1S/C25H24O7/c1-29-19-11-15(12-20(30-2)24(19)31-3)22(26)21-18(13-32-25(21)28)23(27)17-10-6-8-14-7-4-5-9-16(14)17/h4-12,18,21-22,26H,13H2,1-3H3/t18?,21-,22?/m1/s1. The highest BCUT2D eigenvalue weighted by atomic mass is 16.5. The van der Waals surface area contributed by atoms with E-state index in [1.807, 2.05) is 30.3 Å². The molecule has 1 aliphatic heterocycles. The number of ether oxygens (including phenoxy) is 4. The molecule has 0 aromatic heterocycles. The van der Waals surface area contributed by atoms with Crippen molar-refractivity contribution in [3.8, 4) is 17.2 Å². The topological polar surface area (TPSA) is 91.3 Å². The lowest BCUT2D eigenvalue weighted by Crippen LogP contribution is -2.29. The molecule has 1 saturated heterocycles. The van der Waals surface area contributed by atoms with Gasteiger partial charge in [-0.1, -0.05) is 42.5 Å². The van der Waals surface area contributed by atoms with Crippen LogP contribution in [0, 0.1) is 11.8 Å². The maximum atomic E-state index is 13.5. The number of benzene rings is 3. The third kappa shape index (κ3) is 3.65. The molecule has 4 rings (SSSR count). The lowest BCUT2D eigenvalue weighted by atomic mass is 9.81. The molecular formula is C25H24O7. The number of Topliss-reactive ketones (excluding diaryl/α,β-unsaturated/α-hetero) is 1. The molecule has 3 atom stereocenters. The van der Waals surface area contributed by atoms with Crippen LogP contribution < -0.4 is 14.2 Å². The van der Waals surface area contributed by atoms with Crippen LogP contribution in [0.25, 0.3) is 10.8 Å². The second-order valence-electron chi connectivity index (χ2n) is 7.56. The fraction of sp³-hybridized carbons (Fsp3) is 0.280. The Labute approximate surface area is 185 Å². The van der Waals surface area contributed by atoms with Crippen molar-refractivity contribution >= 4 is 22.5 Å². The molecule has 0 bridgehead atoms. The molecule has 7 heteroatoms. The summed E-state index contributed by atoms with van der Waals surface area (Å²) in [5.41, 5.74) is 0.854. The van der Waals surface area contributed by atoms with Crippen molar-refractivity contribution in [2.75, 3.05) is 27.9 Å². The smallest absolute Gasteiger partial charge is 0.312 e. The number of methoxy groups -OCH3 is 3. The number of hydrogen-bond donors (Lipinski definition) is 1. The lowest BCUT2D eigenvalue weighted by molar-refractivity contribution is -0.144. The summed E-state index contributed by atoms with van der Waals surface area (Å²) in [5.74, 6) is -1.72. The molecule has 166 valence electrons. The number of hydrogen-bond acceptors (Lipinski definition) is 7. The molecule has 0 amide bonds. The first-order valence-corrected chi connectivity index (χ1v) is 10.2. The quantitative estimate of drug-likeness (QED) is 0.447. The Morgan fingerprint density at radius 2 is 1.66 bits per heavy atom. The molecule has 1 heterocycles. The van der Waals surface area contributed by atoms with E-state index in [0.29, 0.717) is 28.4 Å². The van der Waals surface area contributed by atoms with E-state index in [2.05, 4.69) is 0 Å². The first-order chi connectivity index (χ1) is 15.5. The van der Waals surface area contributed by atoms with Gasteiger partial charge in [0.25, 0.3) is 0 Å². The third-order valence-corrected chi connectivity index (χ3v) is 5.87. The second-order valence-corrected chi connectivity index (χ2v) is 7.56. The Morgan fingerprint density at radius 3 is 2.31 bits per heavy atom. The zero-order valence-electron chi connectivity index (χ0n) is 18.0. The molecule has 1 aliphatic rings. The first kappa shape index (κ1) is 21.6. The van der Waals surface area contributed by atoms with Crippen LogP contribution in [0.15, 0.2) is 54.6 Å². The van der Waals surface area contributed by atoms with Gasteiger partial charge in [0.15, 0.2) is 17.3 Å². The average Bonchev–Trinajstić information content (AvgIpc) is 3.22. The normalized spacial score (nSPS) is 18.8. The Balaban J connectivity index is 1.72. The van der Waals surface area contributed by atoms with Crippen LogP contribution >= 0.6 is 0 Å². The lowest BCUT2D eigenvalue weighted by Gasteiger charge is -2.22. The van der Waals surface area contributed by atoms with Crippen molar-refractivity contribution in [3.05, 3.63) is 65.7 Å². The van der Waals surface area contributed by atoms with E-state index in [4.69, 9.17) is 18.9 Å². The van der Waals surface area contributed by atoms with E-state index in [-0.39, 0.29) is 12.4 Å². The molecule has 7 nitrogen and oxygen atoms in total. The van der Waals surface area contributed by atoms with Crippen molar-refractivity contribution in [3.63, 3.8) is 0 Å². The van der Waals surface area contributed by atoms with Gasteiger partial charge in [0.2, 0.25) is 5.75 Å². The summed E-state index contributed by atoms with van der Waals surface area (Å²) < 4.78 is 21.3. The second kappa shape index (κ2) is 8.88. The van der Waals surface area contributed by atoms with E-state index in [9.17, 15) is 14.7 Å². The maximum absolute atomic E-state index is 13.5. The maximum Gasteiger partial charge on any atom is 0.312 e. The highest BCUT2D eigenvalue weighted by Crippen LogP contribution is 2.43. The summed E-state index contributed by atoms with van der Waals surface area (Å²) in [4.78, 5) is 26.1. The van der Waals surface area contributed by atoms with Gasteiger partial charge in [-0.25, -0.2) is 0 Å². The van der Waals surface area contributed by atoms with Crippen molar-refractivity contribution < 1.29 is 33.6 Å². The monoisotopic (exact) mass is 436 g/mol. The van der Waals surface area contributed by atoms with Gasteiger partial charge in [0, 0.05) is 5.56 Å². The number of ketones is 1. The summed E-state index contributed by atoms with van der Waals surface area (Å²) in [5, 5.41) is 12.9. The zero-order chi connectivity index (χ0) is 22.8. The molecule has 1 N–H and O–H groups in total. The third-order valence-electron chi connectivity index (χ3n) is 5.87. The summed E-state index contributed by atoms with van der Waals surface area (Å²) in [6.45, 7) is -0.0902. The molecule has 0 radical (unpaired) electrons. The number of fused-ring (bicyclic) bond motifs is 1. The van der Waals surface area contributed by atoms with E-state index < -0.39 is 23.9 Å². The van der Waals surface area contributed by atoms with Gasteiger partial charge in [-0.05, 0) is 28.5 Å². The van der Waals surface area contributed by atoms with E-state index in [1.165, 1.54) is 21.3 Å². The van der Waals surface area contributed by atoms with Crippen LogP contribution in [-0.2, 0) is 9.53 Å². The van der Waals surface area contributed by atoms with Gasteiger partial charge >= 0.3 is 5.97 Å². The van der Waals surface area contributed by atoms with Gasteiger partial charge in [-0.3, -0.25) is 9.59 Å². The summed E-state index contributed by atoms with van der Waals surface area (Å²) in [6, 6.07) is 16.1. The van der Waals surface area contributed by atoms with E-state index >= 15 is 0 Å². The minimum atomic E-state index is -1.30. The van der Waals surface area contributed by atoms with Gasteiger partial charge in [-0.15, -0.1) is 0 Å². The summed E-state index contributed by atoms with van der Waals surface area (Å²) in [7, 11) is 4.40. The Morgan fingerprint density at radius 1 is 1.00 bits per heavy atom. The van der Waals surface area contributed by atoms with Crippen LogP contribution in [0.5, 0.6) is 17.2 Å². The predicted octanol–water partition coefficient (Wildman–Crippen LogP) is 3.57. The first-order valence-electron chi connectivity index (χ1n) is 10.2. The molecule has 3 aromatic carbocycles. The van der Waals surface area contributed by atoms with Crippen LogP contribution in [-0.4, -0.2) is 44.8 Å². The molecule has 0 saturated carbocycles. The number of cyclic esters (lactones) is 1. The van der Waals surface area contributed by atoms with Gasteiger partial charge in [0.1, 0.15) is 12.5 Å². The van der Waals surface area contributed by atoms with Crippen molar-refractivity contribution in [2.45, 2.75) is 6.10 Å². The molecule has 1 fully saturated rings. The van der Waals surface area contributed by atoms with Crippen LogP contribution in [0.3, 0.4) is 0 Å². The van der Waals surface area contributed by atoms with E-state index in [0.717, 1.165) is 10.8 Å². The molecular weight excluding hydrogens is 412 g/mol. The Kier molecular flexibility index (Phi) is 6.01. The number of carbonyl (C=O) groups is 2. The number of aliphatic hydroxyl groups excluding tert-OH is 1. The molecule has 0 aliphatic carbocycles. The number of carbonyl (C=O) groups excluding carboxylic acids is 2. The van der Waals surface area contributed by atoms with Crippen LogP contribution in [0.1, 0.15) is 22.0 Å². The Hall–Kier alpha value is -3.58. The zero-order valence-corrected chi connectivity index (χ0v) is 18.0. The summed E-state index contributed by atoms with van der Waals surface area (Å²) >= 11 is 0. The number of esters is 1. The van der Waals surface area contributed by atoms with Crippen LogP contribution in [0.2, 0.25) is 0 Å². The number of rotatable bonds is 7. The molecule has 3 aromatic rings.